The van der Waals surface area contributed by atoms with Crippen LogP contribution in [0, 0.1) is 0 Å². The van der Waals surface area contributed by atoms with Gasteiger partial charge in [-0.05, 0) is 62.5 Å². The van der Waals surface area contributed by atoms with Crippen molar-refractivity contribution in [2.45, 2.75) is 6.92 Å². The van der Waals surface area contributed by atoms with Gasteiger partial charge in [-0.15, -0.1) is 0 Å². The van der Waals surface area contributed by atoms with E-state index in [1.165, 1.54) is 32.5 Å². The van der Waals surface area contributed by atoms with Gasteiger partial charge in [0, 0.05) is 23.5 Å². The summed E-state index contributed by atoms with van der Waals surface area (Å²) < 4.78 is 0. The Hall–Kier alpha value is -4.11. The smallest absolute Gasteiger partial charge is 0.159 e. The van der Waals surface area contributed by atoms with Crippen LogP contribution in [0.3, 0.4) is 0 Å². The van der Waals surface area contributed by atoms with Crippen molar-refractivity contribution in [3.05, 3.63) is 96.8 Å². The van der Waals surface area contributed by atoms with E-state index >= 15 is 0 Å². The number of rotatable bonds is 3. The molecule has 146 valence electrons. The van der Waals surface area contributed by atoms with Crippen molar-refractivity contribution in [1.29, 1.82) is 0 Å². The molecular formula is C28H18N2O. The summed E-state index contributed by atoms with van der Waals surface area (Å²) in [4.78, 5) is 20.6. The Kier molecular flexibility index (Phi) is 3.84. The molecule has 3 nitrogen and oxygen atoms in total. The molecule has 6 aromatic rings. The van der Waals surface area contributed by atoms with E-state index in [-0.39, 0.29) is 5.78 Å². The first-order valence-corrected chi connectivity index (χ1v) is 10.3. The van der Waals surface area contributed by atoms with Crippen LogP contribution in [0.2, 0.25) is 0 Å². The maximum absolute atomic E-state index is 11.7. The number of Topliss-reactive ketones (excluding diaryl/α,β-unsaturated/α-hetero) is 1. The Morgan fingerprint density at radius 3 is 1.81 bits per heavy atom. The lowest BCUT2D eigenvalue weighted by Crippen LogP contribution is -1.93. The number of benzene rings is 5. The first-order valence-electron chi connectivity index (χ1n) is 10.3. The van der Waals surface area contributed by atoms with Crippen LogP contribution >= 0.6 is 0 Å². The van der Waals surface area contributed by atoms with Crippen LogP contribution in [0.25, 0.3) is 54.8 Å². The third kappa shape index (κ3) is 2.71. The Morgan fingerprint density at radius 2 is 1.19 bits per heavy atom. The first kappa shape index (κ1) is 17.7. The van der Waals surface area contributed by atoms with Gasteiger partial charge in [-0.3, -0.25) is 4.79 Å². The summed E-state index contributed by atoms with van der Waals surface area (Å²) in [5.74, 6) is 0.818. The Balaban J connectivity index is 1.67. The van der Waals surface area contributed by atoms with E-state index in [2.05, 4.69) is 58.5 Å². The molecule has 0 amide bonds. The van der Waals surface area contributed by atoms with Gasteiger partial charge >= 0.3 is 0 Å². The van der Waals surface area contributed by atoms with E-state index in [4.69, 9.17) is 0 Å². The zero-order chi connectivity index (χ0) is 20.9. The lowest BCUT2D eigenvalue weighted by molar-refractivity contribution is 0.101. The summed E-state index contributed by atoms with van der Waals surface area (Å²) in [5.41, 5.74) is 4.04. The minimum absolute atomic E-state index is 0.0811. The van der Waals surface area contributed by atoms with Crippen molar-refractivity contribution >= 4 is 38.1 Å². The monoisotopic (exact) mass is 398 g/mol. The summed E-state index contributed by atoms with van der Waals surface area (Å²) in [5, 5.41) is 7.27. The Labute approximate surface area is 179 Å². The average Bonchev–Trinajstić information content (AvgIpc) is 2.83. The van der Waals surface area contributed by atoms with Gasteiger partial charge in [-0.2, -0.15) is 0 Å². The molecule has 0 saturated carbocycles. The molecule has 0 bridgehead atoms. The molecule has 1 aromatic heterocycles. The van der Waals surface area contributed by atoms with Crippen LogP contribution in [-0.4, -0.2) is 15.8 Å². The van der Waals surface area contributed by atoms with E-state index in [1.807, 2.05) is 30.3 Å². The maximum Gasteiger partial charge on any atom is 0.159 e. The quantitative estimate of drug-likeness (QED) is 0.240. The van der Waals surface area contributed by atoms with E-state index in [0.717, 1.165) is 27.9 Å². The molecule has 6 rings (SSSR count). The van der Waals surface area contributed by atoms with Gasteiger partial charge in [0.25, 0.3) is 0 Å². The van der Waals surface area contributed by atoms with Gasteiger partial charge < -0.3 is 0 Å². The highest BCUT2D eigenvalue weighted by Gasteiger charge is 2.15. The van der Waals surface area contributed by atoms with Crippen molar-refractivity contribution in [3.8, 4) is 22.5 Å². The Morgan fingerprint density at radius 1 is 0.645 bits per heavy atom. The zero-order valence-corrected chi connectivity index (χ0v) is 17.0. The number of hydrogen-bond donors (Lipinski definition) is 0. The van der Waals surface area contributed by atoms with Gasteiger partial charge in [0.2, 0.25) is 0 Å². The van der Waals surface area contributed by atoms with Crippen LogP contribution in [-0.2, 0) is 0 Å². The van der Waals surface area contributed by atoms with Gasteiger partial charge in [0.1, 0.15) is 0 Å². The fourth-order valence-corrected chi connectivity index (χ4v) is 4.57. The van der Waals surface area contributed by atoms with Crippen LogP contribution in [0.15, 0.2) is 91.3 Å². The SMILES string of the molecule is CC(=O)c1ccc(-c2ccc3ccc4c(-c5ncccn5)ccc5ccc2c3c54)cc1. The Bertz CT molecular complexity index is 1590. The van der Waals surface area contributed by atoms with Gasteiger partial charge in [-0.25, -0.2) is 9.97 Å². The van der Waals surface area contributed by atoms with E-state index < -0.39 is 0 Å². The lowest BCUT2D eigenvalue weighted by atomic mass is 9.88. The van der Waals surface area contributed by atoms with E-state index in [9.17, 15) is 4.79 Å². The van der Waals surface area contributed by atoms with Crippen molar-refractivity contribution in [2.75, 3.05) is 0 Å². The lowest BCUT2D eigenvalue weighted by Gasteiger charge is -2.16. The molecule has 0 atom stereocenters. The number of hydrogen-bond acceptors (Lipinski definition) is 3. The second-order valence-electron chi connectivity index (χ2n) is 7.85. The summed E-state index contributed by atoms with van der Waals surface area (Å²) in [6, 6.07) is 27.1. The van der Waals surface area contributed by atoms with E-state index in [0.29, 0.717) is 0 Å². The second kappa shape index (κ2) is 6.71. The van der Waals surface area contributed by atoms with E-state index in [1.54, 1.807) is 19.3 Å². The molecule has 31 heavy (non-hydrogen) atoms. The maximum atomic E-state index is 11.7. The molecule has 0 aliphatic carbocycles. The molecule has 5 aromatic carbocycles. The normalized spacial score (nSPS) is 11.5. The van der Waals surface area contributed by atoms with Gasteiger partial charge in [0.15, 0.2) is 11.6 Å². The highest BCUT2D eigenvalue weighted by atomic mass is 16.1. The third-order valence-electron chi connectivity index (χ3n) is 6.07. The van der Waals surface area contributed by atoms with Crippen molar-refractivity contribution in [1.82, 2.24) is 9.97 Å². The fraction of sp³-hybridized carbons (Fsp3) is 0.0357. The number of carbonyl (C=O) groups excluding carboxylic acids is 1. The summed E-state index contributed by atoms with van der Waals surface area (Å²) in [6.45, 7) is 1.60. The third-order valence-corrected chi connectivity index (χ3v) is 6.07. The number of aromatic nitrogens is 2. The fourth-order valence-electron chi connectivity index (χ4n) is 4.57. The number of nitrogens with zero attached hydrogens (tertiary/aromatic N) is 2. The summed E-state index contributed by atoms with van der Waals surface area (Å²) in [7, 11) is 0. The van der Waals surface area contributed by atoms with Crippen molar-refractivity contribution in [2.24, 2.45) is 0 Å². The summed E-state index contributed by atoms with van der Waals surface area (Å²) >= 11 is 0. The van der Waals surface area contributed by atoms with Crippen LogP contribution in [0.1, 0.15) is 17.3 Å². The predicted molar refractivity (Wildman–Crippen MR) is 127 cm³/mol. The zero-order valence-electron chi connectivity index (χ0n) is 17.0. The van der Waals surface area contributed by atoms with Crippen LogP contribution in [0.5, 0.6) is 0 Å². The number of ketones is 1. The topological polar surface area (TPSA) is 42.9 Å². The molecule has 0 aliphatic heterocycles. The highest BCUT2D eigenvalue weighted by molar-refractivity contribution is 6.27. The second-order valence-corrected chi connectivity index (χ2v) is 7.85. The first-order chi connectivity index (χ1) is 15.2. The van der Waals surface area contributed by atoms with Crippen molar-refractivity contribution in [3.63, 3.8) is 0 Å². The predicted octanol–water partition coefficient (Wildman–Crippen LogP) is 6.91. The molecule has 3 heteroatoms. The highest BCUT2D eigenvalue weighted by Crippen LogP contribution is 2.41. The van der Waals surface area contributed by atoms with Gasteiger partial charge in [-0.1, -0.05) is 66.7 Å². The minimum atomic E-state index is 0.0811. The standard InChI is InChI=1S/C28H18N2O/c1-17(31)18-3-5-19(6-4-18)22-11-7-20-9-13-24-25(28-29-15-2-16-30-28)14-10-21-8-12-23(22)26(20)27(21)24/h2-16H,1H3. The summed E-state index contributed by atoms with van der Waals surface area (Å²) in [6.07, 6.45) is 3.56. The van der Waals surface area contributed by atoms with Gasteiger partial charge in [0.05, 0.1) is 0 Å². The molecule has 0 fully saturated rings. The molecule has 0 N–H and O–H groups in total. The van der Waals surface area contributed by atoms with Crippen LogP contribution < -0.4 is 0 Å². The minimum Gasteiger partial charge on any atom is -0.295 e. The molecule has 1 heterocycles. The van der Waals surface area contributed by atoms with Crippen molar-refractivity contribution < 1.29 is 4.79 Å². The molecule has 0 spiro atoms. The van der Waals surface area contributed by atoms with Crippen LogP contribution in [0.4, 0.5) is 0 Å². The molecule has 0 aliphatic rings. The molecular weight excluding hydrogens is 380 g/mol. The number of carbonyl (C=O) groups is 1. The largest absolute Gasteiger partial charge is 0.295 e. The molecule has 0 unspecified atom stereocenters. The molecule has 0 saturated heterocycles. The molecule has 0 radical (unpaired) electrons. The average molecular weight is 398 g/mol.